The van der Waals surface area contributed by atoms with Crippen LogP contribution in [0.2, 0.25) is 0 Å². The minimum absolute atomic E-state index is 0.0240. The number of hydrogen-bond acceptors (Lipinski definition) is 7. The van der Waals surface area contributed by atoms with Crippen molar-refractivity contribution in [3.05, 3.63) is 42.0 Å². The summed E-state index contributed by atoms with van der Waals surface area (Å²) in [6.45, 7) is 9.75. The summed E-state index contributed by atoms with van der Waals surface area (Å²) in [5.74, 6) is -0.532. The second-order valence-electron chi connectivity index (χ2n) is 5.71. The van der Waals surface area contributed by atoms with Gasteiger partial charge in [-0.15, -0.1) is 6.58 Å². The molecule has 0 amide bonds. The Morgan fingerprint density at radius 1 is 0.893 bits per heavy atom. The molecule has 1 aromatic rings. The second kappa shape index (κ2) is 16.0. The molecule has 1 rings (SSSR count). The van der Waals surface area contributed by atoms with E-state index in [2.05, 4.69) is 6.58 Å². The molecule has 1 aromatic carbocycles. The van der Waals surface area contributed by atoms with Crippen molar-refractivity contribution >= 4 is 5.97 Å². The third-order valence-corrected chi connectivity index (χ3v) is 3.33. The van der Waals surface area contributed by atoms with Crippen LogP contribution in [0.1, 0.15) is 15.9 Å². The Labute approximate surface area is 165 Å². The van der Waals surface area contributed by atoms with E-state index in [1.165, 1.54) is 6.07 Å². The van der Waals surface area contributed by atoms with Crippen LogP contribution in [0.4, 0.5) is 0 Å². The molecule has 0 aliphatic heterocycles. The lowest BCUT2D eigenvalue weighted by molar-refractivity contribution is -0.0323. The van der Waals surface area contributed by atoms with Gasteiger partial charge in [0.25, 0.3) is 0 Å². The van der Waals surface area contributed by atoms with Gasteiger partial charge in [0.2, 0.25) is 0 Å². The zero-order valence-corrected chi connectivity index (χ0v) is 16.4. The summed E-state index contributed by atoms with van der Waals surface area (Å²) in [6, 6.07) is 4.79. The number of benzene rings is 1. The molecule has 8 heteroatoms. The Balaban J connectivity index is 1.89. The fourth-order valence-corrected chi connectivity index (χ4v) is 2.07. The van der Waals surface area contributed by atoms with Crippen molar-refractivity contribution in [2.24, 2.45) is 0 Å². The average molecular weight is 398 g/mol. The monoisotopic (exact) mass is 398 g/mol. The third kappa shape index (κ3) is 12.4. The number of hydrogen-bond donors (Lipinski definition) is 1. The van der Waals surface area contributed by atoms with E-state index in [4.69, 9.17) is 33.5 Å². The highest BCUT2D eigenvalue weighted by molar-refractivity contribution is 5.88. The van der Waals surface area contributed by atoms with Crippen molar-refractivity contribution < 1.29 is 38.3 Å². The molecule has 0 heterocycles. The van der Waals surface area contributed by atoms with E-state index < -0.39 is 5.97 Å². The van der Waals surface area contributed by atoms with Crippen molar-refractivity contribution in [2.45, 2.75) is 6.92 Å². The molecule has 158 valence electrons. The zero-order chi connectivity index (χ0) is 20.5. The number of ether oxygens (including phenoxy) is 6. The minimum Gasteiger partial charge on any atom is -0.478 e. The van der Waals surface area contributed by atoms with E-state index in [1.54, 1.807) is 25.1 Å². The van der Waals surface area contributed by atoms with Gasteiger partial charge in [-0.1, -0.05) is 6.08 Å². The van der Waals surface area contributed by atoms with Gasteiger partial charge in [0, 0.05) is 0 Å². The first-order valence-corrected chi connectivity index (χ1v) is 9.11. The first-order chi connectivity index (χ1) is 13.6. The minimum atomic E-state index is -0.991. The highest BCUT2D eigenvalue weighted by atomic mass is 16.7. The van der Waals surface area contributed by atoms with Crippen molar-refractivity contribution in [1.82, 2.24) is 0 Å². The molecule has 0 fully saturated rings. The van der Waals surface area contributed by atoms with Crippen LogP contribution in [0.5, 0.6) is 5.75 Å². The Morgan fingerprint density at radius 2 is 1.43 bits per heavy atom. The van der Waals surface area contributed by atoms with Gasteiger partial charge in [-0.2, -0.15) is 0 Å². The summed E-state index contributed by atoms with van der Waals surface area (Å²) < 4.78 is 31.9. The molecule has 0 spiro atoms. The van der Waals surface area contributed by atoms with Gasteiger partial charge in [0.15, 0.2) is 6.79 Å². The van der Waals surface area contributed by atoms with E-state index in [9.17, 15) is 4.79 Å². The van der Waals surface area contributed by atoms with Crippen LogP contribution >= 0.6 is 0 Å². The van der Waals surface area contributed by atoms with E-state index in [1.807, 2.05) is 0 Å². The van der Waals surface area contributed by atoms with E-state index in [0.29, 0.717) is 65.2 Å². The van der Waals surface area contributed by atoms with Crippen molar-refractivity contribution in [1.29, 1.82) is 0 Å². The normalized spacial score (nSPS) is 10.8. The average Bonchev–Trinajstić information content (AvgIpc) is 2.67. The Hall–Kier alpha value is -1.97. The van der Waals surface area contributed by atoms with Gasteiger partial charge in [0.1, 0.15) is 5.75 Å². The molecule has 0 radical (unpaired) electrons. The number of aromatic carboxylic acids is 1. The zero-order valence-electron chi connectivity index (χ0n) is 16.4. The summed E-state index contributed by atoms with van der Waals surface area (Å²) >= 11 is 0. The van der Waals surface area contributed by atoms with Crippen LogP contribution in [-0.2, 0) is 23.7 Å². The number of rotatable bonds is 18. The van der Waals surface area contributed by atoms with Crippen LogP contribution < -0.4 is 4.74 Å². The van der Waals surface area contributed by atoms with Gasteiger partial charge in [0.05, 0.1) is 65.0 Å². The molecule has 0 saturated carbocycles. The van der Waals surface area contributed by atoms with Gasteiger partial charge in [-0.25, -0.2) is 4.79 Å². The molecular formula is C20H30O8. The molecule has 28 heavy (non-hydrogen) atoms. The summed E-state index contributed by atoms with van der Waals surface area (Å²) in [6.07, 6.45) is 1.70. The maximum Gasteiger partial charge on any atom is 0.335 e. The SMILES string of the molecule is C=CCOCCOCCOCCOCCOCOc1cc(C)cc(C(=O)O)c1. The molecule has 0 unspecified atom stereocenters. The second-order valence-corrected chi connectivity index (χ2v) is 5.71. The maximum atomic E-state index is 11.0. The number of aryl methyl sites for hydroxylation is 1. The molecule has 0 aliphatic carbocycles. The van der Waals surface area contributed by atoms with Gasteiger partial charge in [-0.3, -0.25) is 0 Å². The standard InChI is InChI=1S/C20H30O8/c1-3-4-23-5-6-24-7-8-25-9-10-26-11-12-27-16-28-19-14-17(2)13-18(15-19)20(21)22/h3,13-15H,1,4-12,16H2,2H3,(H,21,22). The van der Waals surface area contributed by atoms with E-state index in [-0.39, 0.29) is 12.4 Å². The topological polar surface area (TPSA) is 92.7 Å². The van der Waals surface area contributed by atoms with Crippen molar-refractivity contribution in [2.75, 3.05) is 66.3 Å². The maximum absolute atomic E-state index is 11.0. The lowest BCUT2D eigenvalue weighted by Crippen LogP contribution is -2.14. The quantitative estimate of drug-likeness (QED) is 0.229. The van der Waals surface area contributed by atoms with Crippen LogP contribution in [-0.4, -0.2) is 77.3 Å². The fraction of sp³-hybridized carbons (Fsp3) is 0.550. The first-order valence-electron chi connectivity index (χ1n) is 9.11. The lowest BCUT2D eigenvalue weighted by Gasteiger charge is -2.09. The van der Waals surface area contributed by atoms with Gasteiger partial charge in [-0.05, 0) is 30.7 Å². The number of carboxylic acid groups (broad SMARTS) is 1. The molecular weight excluding hydrogens is 368 g/mol. The molecule has 0 atom stereocenters. The van der Waals surface area contributed by atoms with Crippen LogP contribution in [0.25, 0.3) is 0 Å². The van der Waals surface area contributed by atoms with E-state index >= 15 is 0 Å². The largest absolute Gasteiger partial charge is 0.478 e. The smallest absolute Gasteiger partial charge is 0.335 e. The van der Waals surface area contributed by atoms with Crippen molar-refractivity contribution in [3.63, 3.8) is 0 Å². The highest BCUT2D eigenvalue weighted by Gasteiger charge is 2.06. The van der Waals surface area contributed by atoms with Crippen LogP contribution in [0, 0.1) is 6.92 Å². The fourth-order valence-electron chi connectivity index (χ4n) is 2.07. The summed E-state index contributed by atoms with van der Waals surface area (Å²) in [4.78, 5) is 11.0. The molecule has 0 saturated heterocycles. The molecule has 0 aromatic heterocycles. The first kappa shape index (κ1) is 24.1. The summed E-state index contributed by atoms with van der Waals surface area (Å²) in [5, 5.41) is 9.02. The highest BCUT2D eigenvalue weighted by Crippen LogP contribution is 2.16. The summed E-state index contributed by atoms with van der Waals surface area (Å²) in [5.41, 5.74) is 0.995. The predicted molar refractivity (Wildman–Crippen MR) is 103 cm³/mol. The molecule has 8 nitrogen and oxygen atoms in total. The van der Waals surface area contributed by atoms with Crippen LogP contribution in [0.3, 0.4) is 0 Å². The van der Waals surface area contributed by atoms with Crippen LogP contribution in [0.15, 0.2) is 30.9 Å². The Bertz CT molecular complexity index is 561. The Morgan fingerprint density at radius 3 is 1.96 bits per heavy atom. The third-order valence-electron chi connectivity index (χ3n) is 3.33. The Kier molecular flexibility index (Phi) is 13.8. The predicted octanol–water partition coefficient (Wildman–Crippen LogP) is 2.30. The molecule has 1 N–H and O–H groups in total. The van der Waals surface area contributed by atoms with Gasteiger partial charge < -0.3 is 33.5 Å². The number of carboxylic acids is 1. The summed E-state index contributed by atoms with van der Waals surface area (Å²) in [7, 11) is 0. The van der Waals surface area contributed by atoms with E-state index in [0.717, 1.165) is 5.56 Å². The molecule has 0 bridgehead atoms. The molecule has 0 aliphatic rings. The van der Waals surface area contributed by atoms with Gasteiger partial charge >= 0.3 is 5.97 Å². The van der Waals surface area contributed by atoms with Crippen molar-refractivity contribution in [3.8, 4) is 5.75 Å². The lowest BCUT2D eigenvalue weighted by atomic mass is 10.1. The number of carbonyl (C=O) groups is 1.